The predicted molar refractivity (Wildman–Crippen MR) is 61.7 cm³/mol. The molecule has 1 saturated carbocycles. The van der Waals surface area contributed by atoms with Crippen molar-refractivity contribution in [1.29, 1.82) is 0 Å². The fourth-order valence-electron chi connectivity index (χ4n) is 2.49. The van der Waals surface area contributed by atoms with Gasteiger partial charge in [0.1, 0.15) is 5.78 Å². The van der Waals surface area contributed by atoms with E-state index < -0.39 is 0 Å². The SMILES string of the molecule is CC1(CC(=O)C2CCCCS2)CCC1. The average Bonchev–Trinajstić information content (AvgIpc) is 2.17. The molecule has 0 amide bonds. The van der Waals surface area contributed by atoms with Gasteiger partial charge in [-0.05, 0) is 36.9 Å². The number of hydrogen-bond acceptors (Lipinski definition) is 2. The third-order valence-electron chi connectivity index (χ3n) is 3.70. The zero-order valence-corrected chi connectivity index (χ0v) is 9.87. The Morgan fingerprint density at radius 2 is 2.14 bits per heavy atom. The largest absolute Gasteiger partial charge is 0.298 e. The minimum Gasteiger partial charge on any atom is -0.298 e. The molecule has 1 atom stereocenters. The van der Waals surface area contributed by atoms with Gasteiger partial charge in [0.05, 0.1) is 5.25 Å². The first-order valence-electron chi connectivity index (χ1n) is 5.84. The third-order valence-corrected chi connectivity index (χ3v) is 5.13. The van der Waals surface area contributed by atoms with E-state index in [1.807, 2.05) is 11.8 Å². The summed E-state index contributed by atoms with van der Waals surface area (Å²) in [4.78, 5) is 12.0. The topological polar surface area (TPSA) is 17.1 Å². The standard InChI is InChI=1S/C12H20OS/c1-12(6-4-7-12)9-10(13)11-5-2-3-8-14-11/h11H,2-9H2,1H3. The van der Waals surface area contributed by atoms with Crippen LogP contribution in [0.5, 0.6) is 0 Å². The van der Waals surface area contributed by atoms with Crippen LogP contribution in [0.2, 0.25) is 0 Å². The van der Waals surface area contributed by atoms with Gasteiger partial charge in [-0.1, -0.05) is 19.8 Å². The lowest BCUT2D eigenvalue weighted by molar-refractivity contribution is -0.122. The van der Waals surface area contributed by atoms with Crippen molar-refractivity contribution in [3.63, 3.8) is 0 Å². The molecule has 0 bridgehead atoms. The quantitative estimate of drug-likeness (QED) is 0.713. The molecule has 2 heteroatoms. The van der Waals surface area contributed by atoms with Crippen LogP contribution in [-0.2, 0) is 4.79 Å². The second-order valence-corrected chi connectivity index (χ2v) is 6.47. The zero-order valence-electron chi connectivity index (χ0n) is 9.05. The van der Waals surface area contributed by atoms with E-state index in [1.165, 1.54) is 37.9 Å². The molecule has 80 valence electrons. The highest BCUT2D eigenvalue weighted by Crippen LogP contribution is 2.44. The molecule has 0 aromatic rings. The monoisotopic (exact) mass is 212 g/mol. The fraction of sp³-hybridized carbons (Fsp3) is 0.917. The van der Waals surface area contributed by atoms with Gasteiger partial charge in [-0.2, -0.15) is 11.8 Å². The summed E-state index contributed by atoms with van der Waals surface area (Å²) in [6, 6.07) is 0. The van der Waals surface area contributed by atoms with Crippen molar-refractivity contribution >= 4 is 17.5 Å². The van der Waals surface area contributed by atoms with Crippen LogP contribution in [0.3, 0.4) is 0 Å². The van der Waals surface area contributed by atoms with Crippen LogP contribution >= 0.6 is 11.8 Å². The van der Waals surface area contributed by atoms with Crippen molar-refractivity contribution in [2.75, 3.05) is 5.75 Å². The molecule has 2 rings (SSSR count). The van der Waals surface area contributed by atoms with E-state index in [-0.39, 0.29) is 0 Å². The Morgan fingerprint density at radius 3 is 2.64 bits per heavy atom. The van der Waals surface area contributed by atoms with Crippen LogP contribution in [0.15, 0.2) is 0 Å². The molecule has 0 spiro atoms. The Bertz CT molecular complexity index is 214. The minimum absolute atomic E-state index is 0.348. The lowest BCUT2D eigenvalue weighted by Gasteiger charge is -2.38. The highest BCUT2D eigenvalue weighted by molar-refractivity contribution is 8.00. The Morgan fingerprint density at radius 1 is 1.36 bits per heavy atom. The molecular weight excluding hydrogens is 192 g/mol. The lowest BCUT2D eigenvalue weighted by Crippen LogP contribution is -2.32. The number of carbonyl (C=O) groups is 1. The van der Waals surface area contributed by atoms with Crippen molar-refractivity contribution in [1.82, 2.24) is 0 Å². The van der Waals surface area contributed by atoms with Crippen molar-refractivity contribution in [2.45, 2.75) is 57.1 Å². The summed E-state index contributed by atoms with van der Waals surface area (Å²) in [6.07, 6.45) is 8.45. The van der Waals surface area contributed by atoms with Crippen LogP contribution in [0.1, 0.15) is 51.9 Å². The summed E-state index contributed by atoms with van der Waals surface area (Å²) >= 11 is 1.90. The van der Waals surface area contributed by atoms with E-state index in [1.54, 1.807) is 0 Å². The number of ketones is 1. The molecular formula is C12H20OS. The first-order chi connectivity index (χ1) is 6.70. The summed E-state index contributed by atoms with van der Waals surface area (Å²) in [5, 5.41) is 0.348. The van der Waals surface area contributed by atoms with E-state index in [0.717, 1.165) is 12.8 Å². The molecule has 0 aromatic carbocycles. The molecule has 1 unspecified atom stereocenters. The maximum Gasteiger partial charge on any atom is 0.146 e. The van der Waals surface area contributed by atoms with E-state index >= 15 is 0 Å². The predicted octanol–water partition coefficient (Wildman–Crippen LogP) is 3.42. The van der Waals surface area contributed by atoms with Crippen LogP contribution in [0.4, 0.5) is 0 Å². The molecule has 0 N–H and O–H groups in total. The molecule has 1 aliphatic carbocycles. The average molecular weight is 212 g/mol. The van der Waals surface area contributed by atoms with Gasteiger partial charge < -0.3 is 0 Å². The van der Waals surface area contributed by atoms with Gasteiger partial charge in [-0.3, -0.25) is 4.79 Å². The Hall–Kier alpha value is 0.0200. The number of thioether (sulfide) groups is 1. The van der Waals surface area contributed by atoms with Crippen LogP contribution < -0.4 is 0 Å². The number of carbonyl (C=O) groups excluding carboxylic acids is 1. The Labute approximate surface area is 91.0 Å². The molecule has 1 heterocycles. The van der Waals surface area contributed by atoms with Crippen LogP contribution in [-0.4, -0.2) is 16.8 Å². The summed E-state index contributed by atoms with van der Waals surface area (Å²) in [6.45, 7) is 2.28. The summed E-state index contributed by atoms with van der Waals surface area (Å²) < 4.78 is 0. The smallest absolute Gasteiger partial charge is 0.146 e. The second kappa shape index (κ2) is 4.26. The van der Waals surface area contributed by atoms with E-state index in [9.17, 15) is 4.79 Å². The van der Waals surface area contributed by atoms with Crippen molar-refractivity contribution in [3.05, 3.63) is 0 Å². The van der Waals surface area contributed by atoms with Crippen molar-refractivity contribution in [3.8, 4) is 0 Å². The third kappa shape index (κ3) is 2.33. The fourth-order valence-corrected chi connectivity index (χ4v) is 3.74. The summed E-state index contributed by atoms with van der Waals surface area (Å²) in [5.41, 5.74) is 0.384. The normalized spacial score (nSPS) is 30.8. The van der Waals surface area contributed by atoms with Crippen molar-refractivity contribution in [2.24, 2.45) is 5.41 Å². The highest BCUT2D eigenvalue weighted by Gasteiger charge is 2.36. The van der Waals surface area contributed by atoms with Gasteiger partial charge in [0.15, 0.2) is 0 Å². The molecule has 0 aromatic heterocycles. The molecule has 1 aliphatic heterocycles. The number of hydrogen-bond donors (Lipinski definition) is 0. The molecule has 2 fully saturated rings. The minimum atomic E-state index is 0.348. The van der Waals surface area contributed by atoms with Gasteiger partial charge in [-0.25, -0.2) is 0 Å². The molecule has 2 aliphatic rings. The van der Waals surface area contributed by atoms with Gasteiger partial charge in [0.25, 0.3) is 0 Å². The van der Waals surface area contributed by atoms with Gasteiger partial charge in [0.2, 0.25) is 0 Å². The van der Waals surface area contributed by atoms with Crippen LogP contribution in [0, 0.1) is 5.41 Å². The van der Waals surface area contributed by atoms with Gasteiger partial charge in [-0.15, -0.1) is 0 Å². The Balaban J connectivity index is 1.81. The summed E-state index contributed by atoms with van der Waals surface area (Å²) in [7, 11) is 0. The molecule has 1 saturated heterocycles. The van der Waals surface area contributed by atoms with E-state index in [2.05, 4.69) is 6.92 Å². The Kier molecular flexibility index (Phi) is 3.20. The number of Topliss-reactive ketones (excluding diaryl/α,β-unsaturated/α-hetero) is 1. The number of rotatable bonds is 3. The molecule has 14 heavy (non-hydrogen) atoms. The second-order valence-electron chi connectivity index (χ2n) is 5.16. The van der Waals surface area contributed by atoms with Gasteiger partial charge >= 0.3 is 0 Å². The molecule has 1 nitrogen and oxygen atoms in total. The highest BCUT2D eigenvalue weighted by atomic mass is 32.2. The lowest BCUT2D eigenvalue weighted by atomic mass is 9.67. The maximum absolute atomic E-state index is 12.0. The molecule has 0 radical (unpaired) electrons. The van der Waals surface area contributed by atoms with Crippen molar-refractivity contribution < 1.29 is 4.79 Å². The van der Waals surface area contributed by atoms with E-state index in [0.29, 0.717) is 16.4 Å². The first-order valence-corrected chi connectivity index (χ1v) is 6.89. The summed E-state index contributed by atoms with van der Waals surface area (Å²) in [5.74, 6) is 1.74. The van der Waals surface area contributed by atoms with Gasteiger partial charge in [0, 0.05) is 6.42 Å². The maximum atomic E-state index is 12.0. The first kappa shape index (κ1) is 10.5. The zero-order chi connectivity index (χ0) is 10.0. The van der Waals surface area contributed by atoms with E-state index in [4.69, 9.17) is 0 Å². The van der Waals surface area contributed by atoms with Crippen LogP contribution in [0.25, 0.3) is 0 Å².